The van der Waals surface area contributed by atoms with Crippen molar-refractivity contribution in [2.75, 3.05) is 0 Å². The van der Waals surface area contributed by atoms with Gasteiger partial charge in [0.05, 0.1) is 6.42 Å². The highest BCUT2D eigenvalue weighted by Crippen LogP contribution is 2.34. The molecule has 0 aromatic carbocycles. The zero-order chi connectivity index (χ0) is 11.5. The average Bonchev–Trinajstić information content (AvgIpc) is 2.07. The van der Waals surface area contributed by atoms with Crippen molar-refractivity contribution in [2.24, 2.45) is 11.3 Å². The van der Waals surface area contributed by atoms with Gasteiger partial charge in [0, 0.05) is 0 Å². The number of carboxylic acids is 1. The van der Waals surface area contributed by atoms with E-state index in [1.54, 1.807) is 0 Å². The van der Waals surface area contributed by atoms with Crippen molar-refractivity contribution in [1.82, 2.24) is 0 Å². The van der Waals surface area contributed by atoms with Crippen LogP contribution in [0.25, 0.3) is 0 Å². The Kier molecular flexibility index (Phi) is 3.72. The van der Waals surface area contributed by atoms with Gasteiger partial charge in [-0.3, -0.25) is 4.79 Å². The molecular weight excluding hydrogens is 188 g/mol. The first kappa shape index (κ1) is 12.0. The molecule has 0 radical (unpaired) electrons. The van der Waals surface area contributed by atoms with Crippen LogP contribution >= 0.6 is 0 Å². The summed E-state index contributed by atoms with van der Waals surface area (Å²) in [6, 6.07) is 0. The monoisotopic (exact) mass is 208 g/mol. The van der Waals surface area contributed by atoms with E-state index in [9.17, 15) is 4.79 Å². The highest BCUT2D eigenvalue weighted by molar-refractivity contribution is 5.68. The Labute approximate surface area is 91.7 Å². The van der Waals surface area contributed by atoms with E-state index in [-0.39, 0.29) is 11.8 Å². The lowest BCUT2D eigenvalue weighted by atomic mass is 9.78. The van der Waals surface area contributed by atoms with Crippen molar-refractivity contribution in [3.8, 4) is 0 Å². The second kappa shape index (κ2) is 4.65. The second-order valence-corrected chi connectivity index (χ2v) is 5.14. The predicted molar refractivity (Wildman–Crippen MR) is 61.7 cm³/mol. The van der Waals surface area contributed by atoms with Crippen LogP contribution in [0.15, 0.2) is 23.8 Å². The summed E-state index contributed by atoms with van der Waals surface area (Å²) in [5.41, 5.74) is 1.15. The number of hydrogen-bond donors (Lipinski definition) is 1. The Morgan fingerprint density at radius 3 is 2.67 bits per heavy atom. The van der Waals surface area contributed by atoms with Gasteiger partial charge in [0.2, 0.25) is 0 Å². The highest BCUT2D eigenvalue weighted by atomic mass is 16.4. The fourth-order valence-electron chi connectivity index (χ4n) is 1.91. The van der Waals surface area contributed by atoms with Gasteiger partial charge in [-0.2, -0.15) is 0 Å². The normalized spacial score (nSPS) is 25.5. The van der Waals surface area contributed by atoms with Gasteiger partial charge in [-0.25, -0.2) is 0 Å². The molecule has 1 N–H and O–H groups in total. The third-order valence-corrected chi connectivity index (χ3v) is 2.73. The maximum atomic E-state index is 10.7. The second-order valence-electron chi connectivity index (χ2n) is 5.14. The molecule has 0 aromatic rings. The first-order valence-corrected chi connectivity index (χ1v) is 5.51. The smallest absolute Gasteiger partial charge is 0.304 e. The molecule has 0 unspecified atom stereocenters. The first-order chi connectivity index (χ1) is 6.91. The molecule has 0 aromatic heterocycles. The van der Waals surface area contributed by atoms with Crippen molar-refractivity contribution in [3.05, 3.63) is 23.8 Å². The molecule has 0 bridgehead atoms. The van der Waals surface area contributed by atoms with E-state index in [0.29, 0.717) is 5.92 Å². The van der Waals surface area contributed by atoms with Gasteiger partial charge in [-0.15, -0.1) is 0 Å². The molecular formula is C13H20O2. The van der Waals surface area contributed by atoms with Crippen LogP contribution in [0.2, 0.25) is 0 Å². The standard InChI is InChI=1S/C13H20O2/c1-10(2)8-11-4-6-13(3,7-5-11)9-12(14)15/h4-6,10H,7-9H2,1-3H3,(H,14,15)/t13-/m0/s1. The summed E-state index contributed by atoms with van der Waals surface area (Å²) in [7, 11) is 0. The fourth-order valence-corrected chi connectivity index (χ4v) is 1.91. The first-order valence-electron chi connectivity index (χ1n) is 5.51. The van der Waals surface area contributed by atoms with Gasteiger partial charge in [0.15, 0.2) is 0 Å². The summed E-state index contributed by atoms with van der Waals surface area (Å²) >= 11 is 0. The van der Waals surface area contributed by atoms with E-state index in [1.165, 1.54) is 5.57 Å². The van der Waals surface area contributed by atoms with Gasteiger partial charge in [0.1, 0.15) is 0 Å². The van der Waals surface area contributed by atoms with Gasteiger partial charge in [0.25, 0.3) is 0 Å². The molecule has 1 aliphatic carbocycles. The Morgan fingerprint density at radius 1 is 1.60 bits per heavy atom. The van der Waals surface area contributed by atoms with E-state index in [0.717, 1.165) is 12.8 Å². The molecule has 0 saturated heterocycles. The van der Waals surface area contributed by atoms with E-state index in [2.05, 4.69) is 32.1 Å². The average molecular weight is 208 g/mol. The van der Waals surface area contributed by atoms with Crippen LogP contribution < -0.4 is 0 Å². The predicted octanol–water partition coefficient (Wildman–Crippen LogP) is 3.40. The van der Waals surface area contributed by atoms with Crippen molar-refractivity contribution in [3.63, 3.8) is 0 Å². The van der Waals surface area contributed by atoms with Crippen LogP contribution in [-0.4, -0.2) is 11.1 Å². The third kappa shape index (κ3) is 3.90. The lowest BCUT2D eigenvalue weighted by molar-refractivity contribution is -0.138. The molecule has 0 spiro atoms. The van der Waals surface area contributed by atoms with Crippen LogP contribution in [0.1, 0.15) is 40.0 Å². The minimum absolute atomic E-state index is 0.188. The molecule has 1 atom stereocenters. The number of carboxylic acid groups (broad SMARTS) is 1. The summed E-state index contributed by atoms with van der Waals surface area (Å²) in [6.07, 6.45) is 8.47. The van der Waals surface area contributed by atoms with Crippen LogP contribution in [-0.2, 0) is 4.79 Å². The van der Waals surface area contributed by atoms with Crippen molar-refractivity contribution in [1.29, 1.82) is 0 Å². The molecule has 0 aliphatic heterocycles. The maximum absolute atomic E-state index is 10.7. The van der Waals surface area contributed by atoms with Crippen molar-refractivity contribution in [2.45, 2.75) is 40.0 Å². The van der Waals surface area contributed by atoms with Gasteiger partial charge in [-0.05, 0) is 24.2 Å². The number of carbonyl (C=O) groups is 1. The summed E-state index contributed by atoms with van der Waals surface area (Å²) < 4.78 is 0. The van der Waals surface area contributed by atoms with Gasteiger partial charge < -0.3 is 5.11 Å². The molecule has 0 saturated carbocycles. The molecule has 0 heterocycles. The Morgan fingerprint density at radius 2 is 2.27 bits per heavy atom. The molecule has 2 nitrogen and oxygen atoms in total. The van der Waals surface area contributed by atoms with Crippen LogP contribution in [0, 0.1) is 11.3 Å². The minimum Gasteiger partial charge on any atom is -0.481 e. The van der Waals surface area contributed by atoms with Crippen LogP contribution in [0.4, 0.5) is 0 Å². The summed E-state index contributed by atoms with van der Waals surface area (Å²) in [5, 5.41) is 8.79. The summed E-state index contributed by atoms with van der Waals surface area (Å²) in [4.78, 5) is 10.7. The molecule has 0 fully saturated rings. The largest absolute Gasteiger partial charge is 0.481 e. The SMILES string of the molecule is CC(C)CC1=CC[C@@](C)(CC(=O)O)C=C1. The zero-order valence-electron chi connectivity index (χ0n) is 9.79. The summed E-state index contributed by atoms with van der Waals surface area (Å²) in [5.74, 6) is -0.0624. The Balaban J connectivity index is 2.58. The molecule has 1 rings (SSSR count). The molecule has 15 heavy (non-hydrogen) atoms. The third-order valence-electron chi connectivity index (χ3n) is 2.73. The number of hydrogen-bond acceptors (Lipinski definition) is 1. The lowest BCUT2D eigenvalue weighted by Gasteiger charge is -2.26. The van der Waals surface area contributed by atoms with E-state index < -0.39 is 5.97 Å². The van der Waals surface area contributed by atoms with Crippen molar-refractivity contribution < 1.29 is 9.90 Å². The van der Waals surface area contributed by atoms with E-state index in [4.69, 9.17) is 5.11 Å². The maximum Gasteiger partial charge on any atom is 0.304 e. The Hall–Kier alpha value is -1.05. The van der Waals surface area contributed by atoms with Crippen LogP contribution in [0.5, 0.6) is 0 Å². The quantitative estimate of drug-likeness (QED) is 0.768. The van der Waals surface area contributed by atoms with E-state index >= 15 is 0 Å². The zero-order valence-corrected chi connectivity index (χ0v) is 9.79. The Bertz CT molecular complexity index is 300. The van der Waals surface area contributed by atoms with E-state index in [1.807, 2.05) is 6.92 Å². The lowest BCUT2D eigenvalue weighted by Crippen LogP contribution is -2.19. The number of allylic oxidation sites excluding steroid dienone is 4. The molecule has 84 valence electrons. The molecule has 1 aliphatic rings. The number of rotatable bonds is 4. The van der Waals surface area contributed by atoms with Crippen molar-refractivity contribution >= 4 is 5.97 Å². The number of aliphatic carboxylic acids is 1. The summed E-state index contributed by atoms with van der Waals surface area (Å²) in [6.45, 7) is 6.39. The van der Waals surface area contributed by atoms with Crippen LogP contribution in [0.3, 0.4) is 0 Å². The molecule has 0 amide bonds. The minimum atomic E-state index is -0.720. The van der Waals surface area contributed by atoms with Gasteiger partial charge in [-0.1, -0.05) is 44.6 Å². The van der Waals surface area contributed by atoms with Gasteiger partial charge >= 0.3 is 5.97 Å². The highest BCUT2D eigenvalue weighted by Gasteiger charge is 2.25. The topological polar surface area (TPSA) is 37.3 Å². The molecule has 2 heteroatoms. The fraction of sp³-hybridized carbons (Fsp3) is 0.615.